The summed E-state index contributed by atoms with van der Waals surface area (Å²) in [6.45, 7) is 7.13. The molecule has 0 aromatic carbocycles. The van der Waals surface area contributed by atoms with Gasteiger partial charge in [-0.05, 0) is 31.4 Å². The third-order valence-corrected chi connectivity index (χ3v) is 4.27. The van der Waals surface area contributed by atoms with E-state index in [1.807, 2.05) is 42.3 Å². The number of carbonyl (C=O) groups is 2. The molecular formula is C16H23N3O2S. The van der Waals surface area contributed by atoms with Gasteiger partial charge >= 0.3 is 0 Å². The number of thiophene rings is 1. The molecule has 0 saturated carbocycles. The largest absolute Gasteiger partial charge is 0.353 e. The van der Waals surface area contributed by atoms with Crippen molar-refractivity contribution in [3.05, 3.63) is 28.5 Å². The number of nitrogens with one attached hydrogen (secondary N) is 1. The van der Waals surface area contributed by atoms with Crippen LogP contribution in [0.25, 0.3) is 6.08 Å². The van der Waals surface area contributed by atoms with Crippen molar-refractivity contribution in [3.63, 3.8) is 0 Å². The van der Waals surface area contributed by atoms with E-state index in [4.69, 9.17) is 0 Å². The molecule has 22 heavy (non-hydrogen) atoms. The summed E-state index contributed by atoms with van der Waals surface area (Å²) in [5, 5.41) is 4.88. The van der Waals surface area contributed by atoms with E-state index in [-0.39, 0.29) is 17.9 Å². The summed E-state index contributed by atoms with van der Waals surface area (Å²) in [7, 11) is 0. The minimum absolute atomic E-state index is 0.0414. The first-order valence-corrected chi connectivity index (χ1v) is 8.45. The molecule has 2 heterocycles. The van der Waals surface area contributed by atoms with Crippen molar-refractivity contribution in [2.24, 2.45) is 0 Å². The van der Waals surface area contributed by atoms with Crippen LogP contribution in [0.3, 0.4) is 0 Å². The first-order chi connectivity index (χ1) is 10.5. The van der Waals surface area contributed by atoms with Gasteiger partial charge in [0.05, 0.1) is 6.54 Å². The van der Waals surface area contributed by atoms with Gasteiger partial charge < -0.3 is 10.2 Å². The standard InChI is InChI=1S/C16H23N3O2S/c1-13(2)17-15(20)12-18-7-9-19(10-8-18)16(21)6-5-14-4-3-11-22-14/h3-6,11,13H,7-10,12H2,1-2H3,(H,17,20)/b6-5+. The van der Waals surface area contributed by atoms with Crippen molar-refractivity contribution >= 4 is 29.2 Å². The van der Waals surface area contributed by atoms with Gasteiger partial charge in [0.1, 0.15) is 0 Å². The Morgan fingerprint density at radius 3 is 2.64 bits per heavy atom. The van der Waals surface area contributed by atoms with Gasteiger partial charge in [0.15, 0.2) is 0 Å². The molecule has 1 saturated heterocycles. The van der Waals surface area contributed by atoms with Crippen LogP contribution in [0.5, 0.6) is 0 Å². The molecule has 1 aliphatic rings. The van der Waals surface area contributed by atoms with Crippen LogP contribution >= 0.6 is 11.3 Å². The lowest BCUT2D eigenvalue weighted by molar-refractivity contribution is -0.128. The quantitative estimate of drug-likeness (QED) is 0.835. The summed E-state index contributed by atoms with van der Waals surface area (Å²) >= 11 is 1.61. The summed E-state index contributed by atoms with van der Waals surface area (Å²) in [6.07, 6.45) is 3.49. The van der Waals surface area contributed by atoms with Crippen LogP contribution in [0, 0.1) is 0 Å². The Morgan fingerprint density at radius 1 is 1.32 bits per heavy atom. The van der Waals surface area contributed by atoms with Crippen molar-refractivity contribution in [3.8, 4) is 0 Å². The number of hydrogen-bond acceptors (Lipinski definition) is 4. The molecule has 2 rings (SSSR count). The first-order valence-electron chi connectivity index (χ1n) is 7.57. The maximum absolute atomic E-state index is 12.1. The van der Waals surface area contributed by atoms with Gasteiger partial charge in [0.25, 0.3) is 0 Å². The van der Waals surface area contributed by atoms with E-state index >= 15 is 0 Å². The van der Waals surface area contributed by atoms with Crippen LogP contribution in [0.4, 0.5) is 0 Å². The van der Waals surface area contributed by atoms with Crippen LogP contribution in [0.1, 0.15) is 18.7 Å². The minimum atomic E-state index is 0.0414. The summed E-state index contributed by atoms with van der Waals surface area (Å²) in [4.78, 5) is 28.8. The van der Waals surface area contributed by atoms with Crippen LogP contribution < -0.4 is 5.32 Å². The predicted molar refractivity (Wildman–Crippen MR) is 89.7 cm³/mol. The fourth-order valence-corrected chi connectivity index (χ4v) is 2.96. The maximum Gasteiger partial charge on any atom is 0.246 e. The number of nitrogens with zero attached hydrogens (tertiary/aromatic N) is 2. The molecule has 6 heteroatoms. The molecule has 0 aliphatic carbocycles. The van der Waals surface area contributed by atoms with E-state index in [0.717, 1.165) is 18.0 Å². The Labute approximate surface area is 135 Å². The number of hydrogen-bond donors (Lipinski definition) is 1. The Kier molecular flexibility index (Phi) is 6.15. The lowest BCUT2D eigenvalue weighted by atomic mass is 10.3. The van der Waals surface area contributed by atoms with Crippen molar-refractivity contribution in [1.29, 1.82) is 0 Å². The molecule has 1 aliphatic heterocycles. The summed E-state index contributed by atoms with van der Waals surface area (Å²) in [6, 6.07) is 4.12. The zero-order valence-corrected chi connectivity index (χ0v) is 13.9. The second kappa shape index (κ2) is 8.10. The van der Waals surface area contributed by atoms with Crippen molar-refractivity contribution in [2.45, 2.75) is 19.9 Å². The number of carbonyl (C=O) groups excluding carboxylic acids is 2. The molecule has 0 radical (unpaired) electrons. The fraction of sp³-hybridized carbons (Fsp3) is 0.500. The Bertz CT molecular complexity index is 518. The molecule has 0 bridgehead atoms. The first kappa shape index (κ1) is 16.7. The van der Waals surface area contributed by atoms with Crippen LogP contribution in [-0.4, -0.2) is 60.4 Å². The molecule has 1 N–H and O–H groups in total. The fourth-order valence-electron chi connectivity index (χ4n) is 2.34. The highest BCUT2D eigenvalue weighted by Gasteiger charge is 2.21. The molecule has 5 nitrogen and oxygen atoms in total. The Morgan fingerprint density at radius 2 is 2.05 bits per heavy atom. The zero-order chi connectivity index (χ0) is 15.9. The van der Waals surface area contributed by atoms with Gasteiger partial charge in [-0.2, -0.15) is 0 Å². The van der Waals surface area contributed by atoms with E-state index in [2.05, 4.69) is 10.2 Å². The highest BCUT2D eigenvalue weighted by molar-refractivity contribution is 7.10. The van der Waals surface area contributed by atoms with Crippen molar-refractivity contribution < 1.29 is 9.59 Å². The monoisotopic (exact) mass is 321 g/mol. The van der Waals surface area contributed by atoms with Crippen molar-refractivity contribution in [2.75, 3.05) is 32.7 Å². The Hall–Kier alpha value is -1.66. The van der Waals surface area contributed by atoms with E-state index in [0.29, 0.717) is 19.6 Å². The molecule has 120 valence electrons. The summed E-state index contributed by atoms with van der Waals surface area (Å²) in [5.41, 5.74) is 0. The van der Waals surface area contributed by atoms with Gasteiger partial charge in [0.2, 0.25) is 11.8 Å². The molecule has 0 spiro atoms. The second-order valence-electron chi connectivity index (χ2n) is 5.67. The molecule has 1 fully saturated rings. The van der Waals surface area contributed by atoms with E-state index in [1.165, 1.54) is 0 Å². The van der Waals surface area contributed by atoms with Gasteiger partial charge in [-0.25, -0.2) is 0 Å². The predicted octanol–water partition coefficient (Wildman–Crippen LogP) is 1.43. The molecule has 1 aromatic heterocycles. The third kappa shape index (κ3) is 5.27. The maximum atomic E-state index is 12.1. The molecule has 2 amide bonds. The topological polar surface area (TPSA) is 52.7 Å². The second-order valence-corrected chi connectivity index (χ2v) is 6.65. The van der Waals surface area contributed by atoms with Gasteiger partial charge in [-0.15, -0.1) is 11.3 Å². The molecule has 0 atom stereocenters. The third-order valence-electron chi connectivity index (χ3n) is 3.43. The van der Waals surface area contributed by atoms with E-state index < -0.39 is 0 Å². The number of amides is 2. The van der Waals surface area contributed by atoms with Gasteiger partial charge in [0, 0.05) is 43.2 Å². The average Bonchev–Trinajstić information content (AvgIpc) is 2.98. The van der Waals surface area contributed by atoms with Gasteiger partial charge in [-0.1, -0.05) is 6.07 Å². The lowest BCUT2D eigenvalue weighted by Gasteiger charge is -2.33. The number of rotatable bonds is 5. The molecule has 1 aromatic rings. The summed E-state index contributed by atoms with van der Waals surface area (Å²) in [5.74, 6) is 0.0899. The normalized spacial score (nSPS) is 16.4. The van der Waals surface area contributed by atoms with Crippen LogP contribution in [0.15, 0.2) is 23.6 Å². The molecular weight excluding hydrogens is 298 g/mol. The van der Waals surface area contributed by atoms with E-state index in [9.17, 15) is 9.59 Å². The van der Waals surface area contributed by atoms with Crippen molar-refractivity contribution in [1.82, 2.24) is 15.1 Å². The minimum Gasteiger partial charge on any atom is -0.353 e. The zero-order valence-electron chi connectivity index (χ0n) is 13.1. The van der Waals surface area contributed by atoms with Crippen LogP contribution in [0.2, 0.25) is 0 Å². The van der Waals surface area contributed by atoms with E-state index in [1.54, 1.807) is 17.4 Å². The summed E-state index contributed by atoms with van der Waals surface area (Å²) < 4.78 is 0. The highest BCUT2D eigenvalue weighted by Crippen LogP contribution is 2.11. The van der Waals surface area contributed by atoms with Gasteiger partial charge in [-0.3, -0.25) is 14.5 Å². The Balaban J connectivity index is 1.74. The highest BCUT2D eigenvalue weighted by atomic mass is 32.1. The SMILES string of the molecule is CC(C)NC(=O)CN1CCN(C(=O)/C=C/c2cccs2)CC1. The smallest absolute Gasteiger partial charge is 0.246 e. The number of piperazine rings is 1. The van der Waals surface area contributed by atoms with Crippen LogP contribution in [-0.2, 0) is 9.59 Å². The molecule has 0 unspecified atom stereocenters. The average molecular weight is 321 g/mol. The lowest BCUT2D eigenvalue weighted by Crippen LogP contribution is -2.51.